The van der Waals surface area contributed by atoms with Crippen molar-refractivity contribution in [1.29, 1.82) is 5.41 Å². The molecule has 1 aromatic carbocycles. The first-order chi connectivity index (χ1) is 7.58. The Kier molecular flexibility index (Phi) is 6.01. The Labute approximate surface area is 105 Å². The van der Waals surface area contributed by atoms with Crippen molar-refractivity contribution in [1.82, 2.24) is 5.32 Å². The molecular formula is C10H14ClN3O3. The van der Waals surface area contributed by atoms with Crippen LogP contribution in [0.5, 0.6) is 5.75 Å². The number of benzene rings is 1. The maximum atomic E-state index is 10.4. The van der Waals surface area contributed by atoms with Gasteiger partial charge in [-0.2, -0.15) is 0 Å². The first-order valence-corrected chi connectivity index (χ1v) is 4.54. The second kappa shape index (κ2) is 6.72. The highest BCUT2D eigenvalue weighted by molar-refractivity contribution is 6.04. The molecule has 0 saturated heterocycles. The van der Waals surface area contributed by atoms with Crippen molar-refractivity contribution in [2.45, 2.75) is 6.54 Å². The van der Waals surface area contributed by atoms with Crippen molar-refractivity contribution >= 4 is 24.3 Å². The van der Waals surface area contributed by atoms with Crippen molar-refractivity contribution in [2.75, 3.05) is 7.11 Å². The Morgan fingerprint density at radius 2 is 2.24 bits per heavy atom. The fraction of sp³-hybridized carbons (Fsp3) is 0.200. The average molecular weight is 260 g/mol. The van der Waals surface area contributed by atoms with Crippen LogP contribution in [0.3, 0.4) is 0 Å². The number of rotatable bonds is 3. The van der Waals surface area contributed by atoms with Gasteiger partial charge in [0.1, 0.15) is 11.6 Å². The van der Waals surface area contributed by atoms with Crippen LogP contribution < -0.4 is 15.8 Å². The molecule has 0 spiro atoms. The smallest absolute Gasteiger partial charge is 0.410 e. The van der Waals surface area contributed by atoms with Gasteiger partial charge in [0.2, 0.25) is 0 Å². The van der Waals surface area contributed by atoms with E-state index in [1.807, 2.05) is 5.32 Å². The van der Waals surface area contributed by atoms with E-state index in [1.54, 1.807) is 18.2 Å². The normalized spacial score (nSPS) is 9.06. The van der Waals surface area contributed by atoms with E-state index in [4.69, 9.17) is 21.0 Å². The molecular weight excluding hydrogens is 246 g/mol. The predicted octanol–water partition coefficient (Wildman–Crippen LogP) is 1.17. The Morgan fingerprint density at radius 1 is 1.59 bits per heavy atom. The van der Waals surface area contributed by atoms with E-state index < -0.39 is 6.09 Å². The second-order valence-electron chi connectivity index (χ2n) is 3.04. The highest BCUT2D eigenvalue weighted by Gasteiger charge is 2.08. The van der Waals surface area contributed by atoms with E-state index in [9.17, 15) is 4.79 Å². The lowest BCUT2D eigenvalue weighted by molar-refractivity contribution is 0.200. The SMILES string of the molecule is COc1cc(C(=N)NC(=O)O)ccc1CN.Cl. The molecule has 0 unspecified atom stereocenters. The number of halogens is 1. The highest BCUT2D eigenvalue weighted by atomic mass is 35.5. The van der Waals surface area contributed by atoms with Crippen LogP contribution in [0.4, 0.5) is 4.79 Å². The molecule has 0 saturated carbocycles. The molecule has 0 bridgehead atoms. The third kappa shape index (κ3) is 3.93. The second-order valence-corrected chi connectivity index (χ2v) is 3.04. The predicted molar refractivity (Wildman–Crippen MR) is 66.1 cm³/mol. The van der Waals surface area contributed by atoms with Gasteiger partial charge < -0.3 is 15.6 Å². The van der Waals surface area contributed by atoms with Crippen molar-refractivity contribution in [3.63, 3.8) is 0 Å². The van der Waals surface area contributed by atoms with Crippen molar-refractivity contribution < 1.29 is 14.6 Å². The maximum absolute atomic E-state index is 10.4. The van der Waals surface area contributed by atoms with Crippen LogP contribution in [0.25, 0.3) is 0 Å². The minimum absolute atomic E-state index is 0. The van der Waals surface area contributed by atoms with Crippen LogP contribution in [-0.4, -0.2) is 24.1 Å². The molecule has 94 valence electrons. The standard InChI is InChI=1S/C10H13N3O3.ClH/c1-16-8-4-6(2-3-7(8)5-11)9(12)13-10(14)15;/h2-4H,5,11H2,1H3,(H2,12,13)(H,14,15);1H. The number of hydrogen-bond acceptors (Lipinski definition) is 4. The zero-order valence-corrected chi connectivity index (χ0v) is 10.0. The van der Waals surface area contributed by atoms with Crippen LogP contribution in [0.1, 0.15) is 11.1 Å². The fourth-order valence-electron chi connectivity index (χ4n) is 1.25. The Balaban J connectivity index is 0.00000256. The fourth-order valence-corrected chi connectivity index (χ4v) is 1.25. The molecule has 0 atom stereocenters. The summed E-state index contributed by atoms with van der Waals surface area (Å²) in [5.74, 6) is 0.339. The van der Waals surface area contributed by atoms with Gasteiger partial charge in [0.15, 0.2) is 0 Å². The van der Waals surface area contributed by atoms with E-state index in [-0.39, 0.29) is 18.2 Å². The van der Waals surface area contributed by atoms with Gasteiger partial charge in [-0.25, -0.2) is 4.79 Å². The number of methoxy groups -OCH3 is 1. The summed E-state index contributed by atoms with van der Waals surface area (Å²) >= 11 is 0. The Bertz CT molecular complexity index is 423. The molecule has 0 aromatic heterocycles. The minimum atomic E-state index is -1.27. The summed E-state index contributed by atoms with van der Waals surface area (Å²) < 4.78 is 5.08. The Hall–Kier alpha value is -1.79. The molecule has 0 heterocycles. The average Bonchev–Trinajstić information content (AvgIpc) is 2.27. The molecule has 17 heavy (non-hydrogen) atoms. The molecule has 1 amide bonds. The molecule has 0 radical (unpaired) electrons. The monoisotopic (exact) mass is 259 g/mol. The van der Waals surface area contributed by atoms with Crippen LogP contribution >= 0.6 is 12.4 Å². The highest BCUT2D eigenvalue weighted by Crippen LogP contribution is 2.19. The van der Waals surface area contributed by atoms with Crippen LogP contribution in [0, 0.1) is 5.41 Å². The number of nitrogens with two attached hydrogens (primary N) is 1. The molecule has 0 fully saturated rings. The third-order valence-corrected chi connectivity index (χ3v) is 2.03. The number of amidine groups is 1. The van der Waals surface area contributed by atoms with Gasteiger partial charge in [0.25, 0.3) is 0 Å². The van der Waals surface area contributed by atoms with Crippen LogP contribution in [0.15, 0.2) is 18.2 Å². The van der Waals surface area contributed by atoms with Gasteiger partial charge in [0, 0.05) is 17.7 Å². The van der Waals surface area contributed by atoms with Gasteiger partial charge in [0.05, 0.1) is 7.11 Å². The number of nitrogens with one attached hydrogen (secondary N) is 2. The first kappa shape index (κ1) is 15.2. The lowest BCUT2D eigenvalue weighted by Crippen LogP contribution is -2.28. The van der Waals surface area contributed by atoms with E-state index in [0.29, 0.717) is 17.9 Å². The summed E-state index contributed by atoms with van der Waals surface area (Å²) in [6.45, 7) is 0.323. The van der Waals surface area contributed by atoms with Crippen molar-refractivity contribution in [3.8, 4) is 5.75 Å². The van der Waals surface area contributed by atoms with Gasteiger partial charge in [-0.1, -0.05) is 12.1 Å². The zero-order chi connectivity index (χ0) is 12.1. The number of amides is 1. The van der Waals surface area contributed by atoms with Gasteiger partial charge in [-0.3, -0.25) is 10.7 Å². The summed E-state index contributed by atoms with van der Waals surface area (Å²) in [6.07, 6.45) is -1.27. The zero-order valence-electron chi connectivity index (χ0n) is 9.19. The molecule has 1 rings (SSSR count). The first-order valence-electron chi connectivity index (χ1n) is 4.54. The summed E-state index contributed by atoms with van der Waals surface area (Å²) in [6, 6.07) is 4.88. The molecule has 0 aliphatic heterocycles. The van der Waals surface area contributed by atoms with E-state index >= 15 is 0 Å². The quantitative estimate of drug-likeness (QED) is 0.483. The summed E-state index contributed by atoms with van der Waals surface area (Å²) in [5, 5.41) is 17.9. The van der Waals surface area contributed by atoms with Crippen molar-refractivity contribution in [3.05, 3.63) is 29.3 Å². The largest absolute Gasteiger partial charge is 0.496 e. The third-order valence-electron chi connectivity index (χ3n) is 2.03. The van der Waals surface area contributed by atoms with Gasteiger partial charge >= 0.3 is 6.09 Å². The summed E-state index contributed by atoms with van der Waals surface area (Å²) in [7, 11) is 1.49. The maximum Gasteiger partial charge on any atom is 0.410 e. The van der Waals surface area contributed by atoms with Crippen molar-refractivity contribution in [2.24, 2.45) is 5.73 Å². The van der Waals surface area contributed by atoms with Crippen LogP contribution in [0.2, 0.25) is 0 Å². The Morgan fingerprint density at radius 3 is 2.71 bits per heavy atom. The number of ether oxygens (including phenoxy) is 1. The molecule has 7 heteroatoms. The van der Waals surface area contributed by atoms with Crippen LogP contribution in [-0.2, 0) is 6.54 Å². The number of carboxylic acid groups (broad SMARTS) is 1. The van der Waals surface area contributed by atoms with E-state index in [2.05, 4.69) is 0 Å². The molecule has 0 aliphatic carbocycles. The van der Waals surface area contributed by atoms with E-state index in [0.717, 1.165) is 5.56 Å². The molecule has 0 aliphatic rings. The summed E-state index contributed by atoms with van der Waals surface area (Å²) in [4.78, 5) is 10.4. The van der Waals surface area contributed by atoms with Gasteiger partial charge in [-0.15, -0.1) is 12.4 Å². The molecule has 5 N–H and O–H groups in total. The molecule has 6 nitrogen and oxygen atoms in total. The lowest BCUT2D eigenvalue weighted by Gasteiger charge is -2.09. The van der Waals surface area contributed by atoms with E-state index in [1.165, 1.54) is 7.11 Å². The van der Waals surface area contributed by atoms with Gasteiger partial charge in [-0.05, 0) is 6.07 Å². The lowest BCUT2D eigenvalue weighted by atomic mass is 10.1. The topological polar surface area (TPSA) is 108 Å². The molecule has 1 aromatic rings. The summed E-state index contributed by atoms with van der Waals surface area (Å²) in [5.41, 5.74) is 6.72. The minimum Gasteiger partial charge on any atom is -0.496 e. The number of carbonyl (C=O) groups is 1. The number of hydrogen-bond donors (Lipinski definition) is 4.